The molecule has 43 heavy (non-hydrogen) atoms. The van der Waals surface area contributed by atoms with Crippen molar-refractivity contribution in [1.29, 1.82) is 0 Å². The van der Waals surface area contributed by atoms with Crippen LogP contribution >= 0.6 is 11.6 Å². The third kappa shape index (κ3) is 6.82. The van der Waals surface area contributed by atoms with Gasteiger partial charge in [-0.2, -0.15) is 18.3 Å². The van der Waals surface area contributed by atoms with E-state index in [1.54, 1.807) is 29.7 Å². The number of hydrogen-bond donors (Lipinski definition) is 2. The molecular weight excluding hydrogens is 589 g/mol. The third-order valence-corrected chi connectivity index (χ3v) is 7.32. The van der Waals surface area contributed by atoms with Gasteiger partial charge in [0.2, 0.25) is 11.9 Å². The zero-order valence-corrected chi connectivity index (χ0v) is 24.0. The molecule has 16 heteroatoms. The fourth-order valence-electron chi connectivity index (χ4n) is 4.94. The minimum absolute atomic E-state index is 0.0148. The van der Waals surface area contributed by atoms with Gasteiger partial charge in [-0.05, 0) is 32.1 Å². The maximum absolute atomic E-state index is 13.6. The first-order chi connectivity index (χ1) is 20.7. The van der Waals surface area contributed by atoms with E-state index in [4.69, 9.17) is 16.3 Å². The Morgan fingerprint density at radius 3 is 2.37 bits per heavy atom. The van der Waals surface area contributed by atoms with Gasteiger partial charge in [-0.15, -0.1) is 0 Å². The van der Waals surface area contributed by atoms with Crippen molar-refractivity contribution in [2.75, 3.05) is 17.3 Å². The minimum atomic E-state index is -4.69. The third-order valence-electron chi connectivity index (χ3n) is 7.03. The van der Waals surface area contributed by atoms with Crippen LogP contribution in [-0.4, -0.2) is 65.2 Å². The van der Waals surface area contributed by atoms with Crippen LogP contribution in [0.25, 0.3) is 22.6 Å². The van der Waals surface area contributed by atoms with Crippen LogP contribution in [0, 0.1) is 0 Å². The summed E-state index contributed by atoms with van der Waals surface area (Å²) in [6.45, 7) is 1.93. The second-order valence-electron chi connectivity index (χ2n) is 9.92. The van der Waals surface area contributed by atoms with Crippen LogP contribution in [0.1, 0.15) is 51.0 Å². The molecule has 0 spiro atoms. The molecule has 4 aromatic heterocycles. The highest BCUT2D eigenvalue weighted by Crippen LogP contribution is 2.38. The van der Waals surface area contributed by atoms with E-state index in [1.807, 2.05) is 6.92 Å². The number of amides is 1. The summed E-state index contributed by atoms with van der Waals surface area (Å²) in [5, 5.41) is 9.45. The van der Waals surface area contributed by atoms with Gasteiger partial charge in [0.15, 0.2) is 5.82 Å². The summed E-state index contributed by atoms with van der Waals surface area (Å²) in [6, 6.07) is -0.0159. The van der Waals surface area contributed by atoms with Crippen molar-refractivity contribution < 1.29 is 22.7 Å². The number of rotatable bonds is 9. The molecule has 2 N–H and O–H groups in total. The molecule has 1 saturated carbocycles. The van der Waals surface area contributed by atoms with Crippen LogP contribution in [0.5, 0.6) is 6.01 Å². The maximum atomic E-state index is 13.6. The van der Waals surface area contributed by atoms with E-state index in [-0.39, 0.29) is 40.7 Å². The van der Waals surface area contributed by atoms with E-state index >= 15 is 0 Å². The molecule has 12 nitrogen and oxygen atoms in total. The van der Waals surface area contributed by atoms with Crippen LogP contribution in [0.3, 0.4) is 0 Å². The Labute approximate surface area is 249 Å². The zero-order chi connectivity index (χ0) is 30.6. The van der Waals surface area contributed by atoms with Gasteiger partial charge in [-0.25, -0.2) is 24.9 Å². The van der Waals surface area contributed by atoms with Gasteiger partial charge in [0.1, 0.15) is 17.0 Å². The normalized spacial score (nSPS) is 17.0. The Bertz CT molecular complexity index is 1540. The number of alkyl halides is 3. The minimum Gasteiger partial charge on any atom is -0.467 e. The number of carbonyl (C=O) groups excluding carboxylic acids is 1. The number of methoxy groups -OCH3 is 1. The van der Waals surface area contributed by atoms with Crippen LogP contribution in [0.15, 0.2) is 37.2 Å². The molecule has 1 amide bonds. The predicted octanol–water partition coefficient (Wildman–Crippen LogP) is 5.35. The Kier molecular flexibility index (Phi) is 8.99. The monoisotopic (exact) mass is 616 g/mol. The second-order valence-corrected chi connectivity index (χ2v) is 10.3. The van der Waals surface area contributed by atoms with Gasteiger partial charge in [-0.1, -0.05) is 18.5 Å². The number of aromatic nitrogens is 8. The molecule has 4 aromatic rings. The van der Waals surface area contributed by atoms with Crippen molar-refractivity contribution in [3.8, 4) is 28.7 Å². The van der Waals surface area contributed by atoms with E-state index in [9.17, 15) is 18.0 Å². The molecule has 1 aliphatic rings. The van der Waals surface area contributed by atoms with Crippen molar-refractivity contribution in [2.24, 2.45) is 0 Å². The molecule has 226 valence electrons. The average molecular weight is 617 g/mol. The highest BCUT2D eigenvalue weighted by Gasteiger charge is 2.37. The SMILES string of the molecule is CCCC(=O)N(c1cnc(-c2cnc(OC)nc2)cn1)C1CCC(Nc2ncc(C(F)(F)F)c(-c3n[nH]cc3Cl)n2)CC1. The topological polar surface area (TPSA) is 148 Å². The van der Waals surface area contributed by atoms with Gasteiger partial charge >= 0.3 is 12.2 Å². The number of hydrogen-bond acceptors (Lipinski definition) is 10. The smallest absolute Gasteiger partial charge is 0.420 e. The average Bonchev–Trinajstić information content (AvgIpc) is 3.44. The molecule has 0 bridgehead atoms. The number of carbonyl (C=O) groups is 1. The summed E-state index contributed by atoms with van der Waals surface area (Å²) in [4.78, 5) is 40.2. The Hall–Kier alpha value is -4.40. The fraction of sp³-hybridized carbons (Fsp3) is 0.407. The molecule has 0 aliphatic heterocycles. The van der Waals surface area contributed by atoms with Gasteiger partial charge in [0.05, 0.1) is 30.2 Å². The molecule has 5 rings (SSSR count). The number of nitrogens with one attached hydrogen (secondary N) is 2. The first kappa shape index (κ1) is 30.1. The quantitative estimate of drug-likeness (QED) is 0.252. The van der Waals surface area contributed by atoms with Crippen LogP contribution in [0.2, 0.25) is 5.02 Å². The van der Waals surface area contributed by atoms with Crippen molar-refractivity contribution in [2.45, 2.75) is 63.7 Å². The molecule has 1 aliphatic carbocycles. The van der Waals surface area contributed by atoms with Gasteiger partial charge in [0, 0.05) is 48.9 Å². The van der Waals surface area contributed by atoms with Crippen molar-refractivity contribution in [3.05, 3.63) is 47.8 Å². The summed E-state index contributed by atoms with van der Waals surface area (Å²) in [6.07, 6.45) is 7.15. The highest BCUT2D eigenvalue weighted by atomic mass is 35.5. The lowest BCUT2D eigenvalue weighted by Gasteiger charge is -2.36. The lowest BCUT2D eigenvalue weighted by atomic mass is 9.90. The lowest BCUT2D eigenvalue weighted by molar-refractivity contribution is -0.137. The van der Waals surface area contributed by atoms with Crippen molar-refractivity contribution in [1.82, 2.24) is 40.1 Å². The maximum Gasteiger partial charge on any atom is 0.420 e. The number of halogens is 4. The van der Waals surface area contributed by atoms with Crippen LogP contribution in [0.4, 0.5) is 24.9 Å². The number of H-pyrrole nitrogens is 1. The molecular formula is C27H28ClF3N10O2. The van der Waals surface area contributed by atoms with Gasteiger partial charge < -0.3 is 10.1 Å². The molecule has 1 fully saturated rings. The zero-order valence-electron chi connectivity index (χ0n) is 23.3. The van der Waals surface area contributed by atoms with Crippen molar-refractivity contribution >= 4 is 29.3 Å². The standard InChI is InChI=1S/C27H28ClF3N10O2/c1-3-4-22(42)41(21-14-32-20(13-33-21)15-9-35-26(43-2)36-10-15)17-7-5-16(6-8-17)38-25-34-11-18(27(29,30)31)23(39-25)24-19(28)12-37-40-24/h9-14,16-17H,3-8H2,1-2H3,(H,37,40)(H,34,38,39). The highest BCUT2D eigenvalue weighted by molar-refractivity contribution is 6.32. The first-order valence-electron chi connectivity index (χ1n) is 13.6. The summed E-state index contributed by atoms with van der Waals surface area (Å²) in [7, 11) is 1.48. The molecule has 4 heterocycles. The summed E-state index contributed by atoms with van der Waals surface area (Å²) >= 11 is 6.04. The van der Waals surface area contributed by atoms with E-state index in [1.165, 1.54) is 13.3 Å². The summed E-state index contributed by atoms with van der Waals surface area (Å²) in [5.41, 5.74) is -0.354. The Balaban J connectivity index is 1.29. The fourth-order valence-corrected chi connectivity index (χ4v) is 5.12. The largest absolute Gasteiger partial charge is 0.467 e. The predicted molar refractivity (Wildman–Crippen MR) is 151 cm³/mol. The number of ether oxygens (including phenoxy) is 1. The molecule has 0 saturated heterocycles. The molecule has 0 atom stereocenters. The van der Waals surface area contributed by atoms with E-state index < -0.39 is 17.4 Å². The summed E-state index contributed by atoms with van der Waals surface area (Å²) in [5.74, 6) is 0.424. The van der Waals surface area contributed by atoms with Crippen molar-refractivity contribution in [3.63, 3.8) is 0 Å². The summed E-state index contributed by atoms with van der Waals surface area (Å²) < 4.78 is 45.9. The van der Waals surface area contributed by atoms with E-state index in [0.29, 0.717) is 55.6 Å². The van der Waals surface area contributed by atoms with Crippen LogP contribution in [-0.2, 0) is 11.0 Å². The number of anilines is 2. The van der Waals surface area contributed by atoms with Crippen LogP contribution < -0.4 is 15.0 Å². The van der Waals surface area contributed by atoms with E-state index in [0.717, 1.165) is 6.20 Å². The van der Waals surface area contributed by atoms with Gasteiger partial charge in [-0.3, -0.25) is 19.8 Å². The Morgan fingerprint density at radius 2 is 1.79 bits per heavy atom. The first-order valence-corrected chi connectivity index (χ1v) is 14.0. The molecule has 0 radical (unpaired) electrons. The Morgan fingerprint density at radius 1 is 1.05 bits per heavy atom. The lowest BCUT2D eigenvalue weighted by Crippen LogP contribution is -2.44. The second kappa shape index (κ2) is 12.9. The molecule has 0 unspecified atom stereocenters. The van der Waals surface area contributed by atoms with E-state index in [2.05, 4.69) is 45.4 Å². The number of aromatic amines is 1. The number of nitrogens with zero attached hydrogens (tertiary/aromatic N) is 8. The van der Waals surface area contributed by atoms with Gasteiger partial charge in [0.25, 0.3) is 0 Å². The molecule has 0 aromatic carbocycles.